The highest BCUT2D eigenvalue weighted by Gasteiger charge is 2.53. The summed E-state index contributed by atoms with van der Waals surface area (Å²) in [5.74, 6) is 2.46. The summed E-state index contributed by atoms with van der Waals surface area (Å²) >= 11 is 7.57. The van der Waals surface area contributed by atoms with Gasteiger partial charge >= 0.3 is 0 Å². The van der Waals surface area contributed by atoms with Crippen LogP contribution in [0.3, 0.4) is 0 Å². The van der Waals surface area contributed by atoms with Crippen LogP contribution in [-0.4, -0.2) is 28.2 Å². The fourth-order valence-electron chi connectivity index (χ4n) is 5.73. The van der Waals surface area contributed by atoms with Crippen molar-refractivity contribution in [2.75, 3.05) is 6.26 Å². The summed E-state index contributed by atoms with van der Waals surface area (Å²) in [4.78, 5) is 21.2. The van der Waals surface area contributed by atoms with Crippen LogP contribution >= 0.6 is 23.4 Å². The van der Waals surface area contributed by atoms with E-state index in [-0.39, 0.29) is 17.4 Å². The zero-order valence-electron chi connectivity index (χ0n) is 14.2. The van der Waals surface area contributed by atoms with E-state index < -0.39 is 0 Å². The molecule has 4 bridgehead atoms. The van der Waals surface area contributed by atoms with Gasteiger partial charge in [-0.05, 0) is 74.9 Å². The van der Waals surface area contributed by atoms with Crippen LogP contribution in [0.1, 0.15) is 55.9 Å². The number of carbonyl (C=O) groups excluding carboxylic acids is 1. The zero-order chi connectivity index (χ0) is 16.9. The van der Waals surface area contributed by atoms with E-state index in [9.17, 15) is 4.79 Å². The lowest BCUT2D eigenvalue weighted by Crippen LogP contribution is -2.55. The molecule has 1 atom stereocenters. The molecule has 24 heavy (non-hydrogen) atoms. The molecule has 130 valence electrons. The van der Waals surface area contributed by atoms with Crippen molar-refractivity contribution in [3.8, 4) is 0 Å². The van der Waals surface area contributed by atoms with E-state index in [4.69, 9.17) is 11.6 Å². The number of aromatic nitrogens is 2. The first-order valence-electron chi connectivity index (χ1n) is 8.86. The molecule has 6 heteroatoms. The Bertz CT molecular complexity index is 630. The highest BCUT2D eigenvalue weighted by Crippen LogP contribution is 2.61. The van der Waals surface area contributed by atoms with Gasteiger partial charge < -0.3 is 5.32 Å². The van der Waals surface area contributed by atoms with Crippen LogP contribution in [0, 0.1) is 23.2 Å². The van der Waals surface area contributed by atoms with Crippen LogP contribution in [0.5, 0.6) is 0 Å². The van der Waals surface area contributed by atoms with E-state index in [1.807, 2.05) is 6.26 Å². The molecular weight excluding hydrogens is 342 g/mol. The van der Waals surface area contributed by atoms with Crippen molar-refractivity contribution >= 4 is 29.3 Å². The molecule has 1 aromatic heterocycles. The maximum atomic E-state index is 12.7. The number of rotatable bonds is 4. The lowest BCUT2D eigenvalue weighted by molar-refractivity contribution is -0.0688. The summed E-state index contributed by atoms with van der Waals surface area (Å²) in [6, 6.07) is 0.169. The average molecular weight is 366 g/mol. The number of nitrogens with one attached hydrogen (secondary N) is 1. The largest absolute Gasteiger partial charge is 0.348 e. The predicted molar refractivity (Wildman–Crippen MR) is 96.4 cm³/mol. The van der Waals surface area contributed by atoms with E-state index in [1.165, 1.54) is 56.5 Å². The second-order valence-corrected chi connectivity index (χ2v) is 9.21. The van der Waals surface area contributed by atoms with Crippen LogP contribution in [-0.2, 0) is 0 Å². The minimum atomic E-state index is -0.166. The Balaban J connectivity index is 1.52. The maximum Gasteiger partial charge on any atom is 0.271 e. The van der Waals surface area contributed by atoms with Crippen molar-refractivity contribution in [1.29, 1.82) is 0 Å². The molecule has 4 nitrogen and oxygen atoms in total. The van der Waals surface area contributed by atoms with Gasteiger partial charge in [0.05, 0.1) is 11.2 Å². The molecule has 4 aliphatic rings. The fraction of sp³-hybridized carbons (Fsp3) is 0.722. The summed E-state index contributed by atoms with van der Waals surface area (Å²) in [6.07, 6.45) is 11.5. The fourth-order valence-corrected chi connectivity index (χ4v) is 6.25. The van der Waals surface area contributed by atoms with Crippen molar-refractivity contribution < 1.29 is 4.79 Å². The number of carbonyl (C=O) groups is 1. The van der Waals surface area contributed by atoms with Crippen LogP contribution in [0.15, 0.2) is 11.4 Å². The maximum absolute atomic E-state index is 12.7. The van der Waals surface area contributed by atoms with Gasteiger partial charge in [-0.2, -0.15) is 0 Å². The summed E-state index contributed by atoms with van der Waals surface area (Å²) < 4.78 is 0. The monoisotopic (exact) mass is 365 g/mol. The average Bonchev–Trinajstić information content (AvgIpc) is 2.54. The number of hydrogen-bond acceptors (Lipinski definition) is 4. The molecule has 5 rings (SSSR count). The van der Waals surface area contributed by atoms with E-state index in [2.05, 4.69) is 22.2 Å². The molecule has 0 radical (unpaired) electrons. The summed E-state index contributed by atoms with van der Waals surface area (Å²) in [5.41, 5.74) is 0.583. The summed E-state index contributed by atoms with van der Waals surface area (Å²) in [6.45, 7) is 2.18. The Kier molecular flexibility index (Phi) is 4.28. The molecule has 1 aromatic rings. The van der Waals surface area contributed by atoms with Gasteiger partial charge in [-0.15, -0.1) is 0 Å². The number of hydrogen-bond donors (Lipinski definition) is 1. The first-order valence-corrected chi connectivity index (χ1v) is 10.5. The Hall–Kier alpha value is -0.810. The molecule has 0 aromatic carbocycles. The molecule has 1 amide bonds. The predicted octanol–water partition coefficient (Wildman–Crippen LogP) is 4.19. The molecule has 4 fully saturated rings. The van der Waals surface area contributed by atoms with E-state index in [0.717, 1.165) is 17.8 Å². The number of nitrogens with zero attached hydrogens (tertiary/aromatic N) is 2. The van der Waals surface area contributed by atoms with Crippen molar-refractivity contribution in [3.63, 3.8) is 0 Å². The Morgan fingerprint density at radius 2 is 1.88 bits per heavy atom. The molecule has 1 N–H and O–H groups in total. The van der Waals surface area contributed by atoms with Crippen LogP contribution in [0.2, 0.25) is 5.02 Å². The van der Waals surface area contributed by atoms with Crippen molar-refractivity contribution in [2.45, 2.75) is 56.6 Å². The van der Waals surface area contributed by atoms with Crippen LogP contribution < -0.4 is 5.32 Å². The first-order chi connectivity index (χ1) is 11.5. The van der Waals surface area contributed by atoms with Gasteiger partial charge in [0.15, 0.2) is 10.9 Å². The Morgan fingerprint density at radius 1 is 1.29 bits per heavy atom. The van der Waals surface area contributed by atoms with Gasteiger partial charge in [0.25, 0.3) is 5.91 Å². The molecule has 0 spiro atoms. The number of amides is 1. The highest BCUT2D eigenvalue weighted by molar-refractivity contribution is 7.98. The molecule has 4 saturated carbocycles. The summed E-state index contributed by atoms with van der Waals surface area (Å²) in [7, 11) is 0. The van der Waals surface area contributed by atoms with Gasteiger partial charge in [-0.25, -0.2) is 9.97 Å². The SMILES string of the molecule is CSc1ncc(Cl)c(C(=O)N[C@H](C)C23CC4CC(CC(C4)C2)C3)n1. The lowest BCUT2D eigenvalue weighted by atomic mass is 9.48. The smallest absolute Gasteiger partial charge is 0.271 e. The molecular formula is C18H24ClN3OS. The van der Waals surface area contributed by atoms with Gasteiger partial charge in [0, 0.05) is 6.04 Å². The van der Waals surface area contributed by atoms with Gasteiger partial charge in [-0.1, -0.05) is 23.4 Å². The minimum absolute atomic E-state index is 0.166. The zero-order valence-corrected chi connectivity index (χ0v) is 15.8. The van der Waals surface area contributed by atoms with Crippen LogP contribution in [0.4, 0.5) is 0 Å². The Morgan fingerprint density at radius 3 is 2.42 bits per heavy atom. The van der Waals surface area contributed by atoms with Crippen LogP contribution in [0.25, 0.3) is 0 Å². The van der Waals surface area contributed by atoms with Gasteiger partial charge in [0.2, 0.25) is 0 Å². The number of thioether (sulfide) groups is 1. The van der Waals surface area contributed by atoms with Crippen molar-refractivity contribution in [2.24, 2.45) is 23.2 Å². The molecule has 0 saturated heterocycles. The van der Waals surface area contributed by atoms with Gasteiger partial charge in [-0.3, -0.25) is 4.79 Å². The van der Waals surface area contributed by atoms with E-state index in [1.54, 1.807) is 0 Å². The second-order valence-electron chi connectivity index (χ2n) is 8.03. The van der Waals surface area contributed by atoms with Gasteiger partial charge in [0.1, 0.15) is 0 Å². The molecule has 0 aliphatic heterocycles. The van der Waals surface area contributed by atoms with E-state index >= 15 is 0 Å². The normalized spacial score (nSPS) is 35.0. The third-order valence-electron chi connectivity index (χ3n) is 6.47. The molecule has 4 aliphatic carbocycles. The molecule has 0 unspecified atom stereocenters. The second kappa shape index (κ2) is 6.17. The van der Waals surface area contributed by atoms with E-state index in [0.29, 0.717) is 15.9 Å². The number of halogens is 1. The minimum Gasteiger partial charge on any atom is -0.348 e. The summed E-state index contributed by atoms with van der Waals surface area (Å²) in [5, 5.41) is 4.12. The van der Waals surface area contributed by atoms with Crippen molar-refractivity contribution in [1.82, 2.24) is 15.3 Å². The lowest BCUT2D eigenvalue weighted by Gasteiger charge is -2.59. The standard InChI is InChI=1S/C18H24ClN3OS/c1-10(18-6-11-3-12(7-18)5-13(4-11)8-18)21-16(23)15-14(19)9-20-17(22-15)24-2/h9-13H,3-8H2,1-2H3,(H,21,23)/t10-,11?,12?,13?,18?/m1/s1. The third-order valence-corrected chi connectivity index (χ3v) is 7.31. The first kappa shape index (κ1) is 16.6. The molecule has 1 heterocycles. The highest BCUT2D eigenvalue weighted by atomic mass is 35.5. The third kappa shape index (κ3) is 2.84. The Labute approximate surface area is 152 Å². The topological polar surface area (TPSA) is 54.9 Å². The van der Waals surface area contributed by atoms with Crippen molar-refractivity contribution in [3.05, 3.63) is 16.9 Å². The quantitative estimate of drug-likeness (QED) is 0.642.